The van der Waals surface area contributed by atoms with E-state index in [9.17, 15) is 19.4 Å². The summed E-state index contributed by atoms with van der Waals surface area (Å²) < 4.78 is 23.4. The molecule has 9 heteroatoms. The third kappa shape index (κ3) is 47.0. The zero-order valence-corrected chi connectivity index (χ0v) is 42.7. The van der Waals surface area contributed by atoms with Gasteiger partial charge < -0.3 is 28.8 Å². The van der Waals surface area contributed by atoms with E-state index in [-0.39, 0.29) is 19.1 Å². The summed E-state index contributed by atoms with van der Waals surface area (Å²) in [5.41, 5.74) is 0. The van der Waals surface area contributed by atoms with Gasteiger partial charge in [0.15, 0.2) is 0 Å². The van der Waals surface area contributed by atoms with Gasteiger partial charge in [-0.1, -0.05) is 231 Å². The number of likely N-dealkylation sites (N-methyl/N-ethyl adjacent to an activating group) is 1. The Hall–Kier alpha value is -1.02. The van der Waals surface area contributed by atoms with Crippen molar-refractivity contribution in [1.82, 2.24) is 5.32 Å². The number of carbonyl (C=O) groups excluding carboxylic acids is 1. The number of aliphatic hydroxyl groups excluding tert-OH is 1. The lowest BCUT2D eigenvalue weighted by atomic mass is 10.0. The average Bonchev–Trinajstić information content (AvgIpc) is 3.23. The Morgan fingerprint density at radius 2 is 0.935 bits per heavy atom. The van der Waals surface area contributed by atoms with Crippen LogP contribution in [0.2, 0.25) is 0 Å². The van der Waals surface area contributed by atoms with Crippen LogP contribution in [0.5, 0.6) is 0 Å². The molecule has 0 bridgehead atoms. The van der Waals surface area contributed by atoms with Crippen molar-refractivity contribution in [3.63, 3.8) is 0 Å². The van der Waals surface area contributed by atoms with E-state index in [1.807, 2.05) is 21.1 Å². The molecule has 0 spiro atoms. The van der Waals surface area contributed by atoms with Gasteiger partial charge in [0.05, 0.1) is 39.9 Å². The molecule has 0 aromatic heterocycles. The highest BCUT2D eigenvalue weighted by Crippen LogP contribution is 2.38. The number of phosphoric ester groups is 1. The molecule has 0 heterocycles. The summed E-state index contributed by atoms with van der Waals surface area (Å²) in [5.74, 6) is -0.170. The third-order valence-corrected chi connectivity index (χ3v) is 13.2. The molecule has 0 saturated carbocycles. The number of rotatable bonds is 49. The van der Waals surface area contributed by atoms with Crippen LogP contribution in [-0.4, -0.2) is 68.5 Å². The lowest BCUT2D eigenvalue weighted by molar-refractivity contribution is -0.870. The molecule has 0 aliphatic heterocycles. The molecule has 62 heavy (non-hydrogen) atoms. The van der Waals surface area contributed by atoms with Gasteiger partial charge in [0.25, 0.3) is 7.82 Å². The summed E-state index contributed by atoms with van der Waals surface area (Å²) in [6, 6.07) is -0.803. The third-order valence-electron chi connectivity index (χ3n) is 12.2. The highest BCUT2D eigenvalue weighted by Gasteiger charge is 2.24. The van der Waals surface area contributed by atoms with Crippen molar-refractivity contribution >= 4 is 13.7 Å². The number of phosphoric acid groups is 1. The van der Waals surface area contributed by atoms with Crippen LogP contribution in [0.1, 0.15) is 258 Å². The van der Waals surface area contributed by atoms with Gasteiger partial charge >= 0.3 is 0 Å². The standard InChI is InChI=1S/C53H105N2O6P/c1-6-8-10-12-14-16-18-20-22-24-25-26-27-28-29-31-32-34-36-38-40-42-44-46-52(56)51(50-61-62(58,59)60-49-48-55(3,4)5)54-53(57)47-45-43-41-39-37-35-33-30-23-21-19-17-15-13-11-9-7-2/h15,17,21,23,51-52,56H,6-14,16,18-20,22,24-50H2,1-5H3,(H-,54,57,58,59)/b17-15-,23-21-. The predicted molar refractivity (Wildman–Crippen MR) is 265 cm³/mol. The van der Waals surface area contributed by atoms with Crippen LogP contribution in [0.25, 0.3) is 0 Å². The monoisotopic (exact) mass is 897 g/mol. The highest BCUT2D eigenvalue weighted by molar-refractivity contribution is 7.45. The Morgan fingerprint density at radius 1 is 0.565 bits per heavy atom. The van der Waals surface area contributed by atoms with E-state index in [1.165, 1.54) is 180 Å². The molecule has 0 fully saturated rings. The fourth-order valence-corrected chi connectivity index (χ4v) is 8.68. The molecule has 0 aliphatic carbocycles. The number of quaternary nitrogens is 1. The minimum absolute atomic E-state index is 0.0114. The molecule has 1 amide bonds. The van der Waals surface area contributed by atoms with Crippen molar-refractivity contribution in [3.05, 3.63) is 24.3 Å². The Bertz CT molecular complexity index is 1060. The molecule has 0 aromatic carbocycles. The summed E-state index contributed by atoms with van der Waals surface area (Å²) in [4.78, 5) is 25.5. The molecule has 0 aromatic rings. The topological polar surface area (TPSA) is 108 Å². The molecule has 0 rings (SSSR count). The molecular weight excluding hydrogens is 792 g/mol. The van der Waals surface area contributed by atoms with Gasteiger partial charge in [-0.2, -0.15) is 0 Å². The number of carbonyl (C=O) groups is 1. The Kier molecular flexibility index (Phi) is 44.4. The largest absolute Gasteiger partial charge is 0.756 e. The average molecular weight is 897 g/mol. The Labute approximate surface area is 385 Å². The Balaban J connectivity index is 4.21. The van der Waals surface area contributed by atoms with Crippen LogP contribution in [0.3, 0.4) is 0 Å². The summed E-state index contributed by atoms with van der Waals surface area (Å²) in [7, 11) is 1.31. The second-order valence-corrected chi connectivity index (χ2v) is 21.0. The van der Waals surface area contributed by atoms with Crippen molar-refractivity contribution in [2.45, 2.75) is 270 Å². The fraction of sp³-hybridized carbons (Fsp3) is 0.906. The number of amides is 1. The van der Waals surface area contributed by atoms with Gasteiger partial charge in [0, 0.05) is 6.42 Å². The van der Waals surface area contributed by atoms with Gasteiger partial charge in [0.1, 0.15) is 13.2 Å². The second-order valence-electron chi connectivity index (χ2n) is 19.6. The molecule has 0 aliphatic rings. The first-order valence-corrected chi connectivity index (χ1v) is 28.1. The number of hydrogen-bond donors (Lipinski definition) is 2. The van der Waals surface area contributed by atoms with Gasteiger partial charge in [-0.25, -0.2) is 0 Å². The minimum Gasteiger partial charge on any atom is -0.756 e. The van der Waals surface area contributed by atoms with Crippen LogP contribution >= 0.6 is 7.82 Å². The molecule has 368 valence electrons. The second kappa shape index (κ2) is 45.1. The zero-order valence-electron chi connectivity index (χ0n) is 41.8. The maximum Gasteiger partial charge on any atom is 0.268 e. The first-order valence-electron chi connectivity index (χ1n) is 26.7. The molecular formula is C53H105N2O6P. The molecule has 3 unspecified atom stereocenters. The van der Waals surface area contributed by atoms with Crippen LogP contribution in [0, 0.1) is 0 Å². The Morgan fingerprint density at radius 3 is 1.37 bits per heavy atom. The van der Waals surface area contributed by atoms with Crippen molar-refractivity contribution in [1.29, 1.82) is 0 Å². The van der Waals surface area contributed by atoms with E-state index >= 15 is 0 Å². The number of nitrogens with one attached hydrogen (secondary N) is 1. The maximum atomic E-state index is 12.9. The first kappa shape index (κ1) is 61.0. The molecule has 8 nitrogen and oxygen atoms in total. The SMILES string of the molecule is CCCCC/C=C\C/C=C\CCCCCCCCCC(=O)NC(COP(=O)([O-])OCC[N+](C)(C)C)C(O)CCCCCCCCCCCCCCCCCCCCCCCCC. The van der Waals surface area contributed by atoms with Crippen molar-refractivity contribution in [3.8, 4) is 0 Å². The van der Waals surface area contributed by atoms with E-state index in [1.54, 1.807) is 0 Å². The first-order chi connectivity index (χ1) is 30.0. The smallest absolute Gasteiger partial charge is 0.268 e. The van der Waals surface area contributed by atoms with E-state index in [0.717, 1.165) is 51.4 Å². The molecule has 2 N–H and O–H groups in total. The number of nitrogens with zero attached hydrogens (tertiary/aromatic N) is 1. The lowest BCUT2D eigenvalue weighted by Crippen LogP contribution is -2.46. The van der Waals surface area contributed by atoms with Crippen LogP contribution in [0.15, 0.2) is 24.3 Å². The van der Waals surface area contributed by atoms with Gasteiger partial charge in [-0.05, 0) is 44.9 Å². The lowest BCUT2D eigenvalue weighted by Gasteiger charge is -2.30. The van der Waals surface area contributed by atoms with Crippen molar-refractivity contribution in [2.75, 3.05) is 40.9 Å². The number of allylic oxidation sites excluding steroid dienone is 4. The normalized spacial score (nSPS) is 14.2. The molecule has 0 saturated heterocycles. The number of hydrogen-bond acceptors (Lipinski definition) is 6. The van der Waals surface area contributed by atoms with Gasteiger partial charge in [0.2, 0.25) is 5.91 Å². The summed E-state index contributed by atoms with van der Waals surface area (Å²) in [5, 5.41) is 14.0. The van der Waals surface area contributed by atoms with E-state index in [2.05, 4.69) is 43.5 Å². The maximum absolute atomic E-state index is 12.9. The molecule has 0 radical (unpaired) electrons. The zero-order chi connectivity index (χ0) is 45.7. The van der Waals surface area contributed by atoms with Crippen LogP contribution < -0.4 is 10.2 Å². The summed E-state index contributed by atoms with van der Waals surface area (Å²) >= 11 is 0. The summed E-state index contributed by atoms with van der Waals surface area (Å²) in [6.07, 6.45) is 54.8. The fourth-order valence-electron chi connectivity index (χ4n) is 7.95. The van der Waals surface area contributed by atoms with Crippen LogP contribution in [-0.2, 0) is 18.4 Å². The van der Waals surface area contributed by atoms with E-state index in [0.29, 0.717) is 23.9 Å². The quantitative estimate of drug-likeness (QED) is 0.0273. The minimum atomic E-state index is -4.57. The molecule has 3 atom stereocenters. The number of unbranched alkanes of at least 4 members (excludes halogenated alkanes) is 32. The van der Waals surface area contributed by atoms with Crippen molar-refractivity contribution in [2.24, 2.45) is 0 Å². The summed E-state index contributed by atoms with van der Waals surface area (Å²) in [6.45, 7) is 4.72. The number of aliphatic hydroxyl groups is 1. The van der Waals surface area contributed by atoms with E-state index in [4.69, 9.17) is 9.05 Å². The predicted octanol–water partition coefficient (Wildman–Crippen LogP) is 15.0. The highest BCUT2D eigenvalue weighted by atomic mass is 31.2. The van der Waals surface area contributed by atoms with Crippen molar-refractivity contribution < 1.29 is 32.9 Å². The van der Waals surface area contributed by atoms with Crippen LogP contribution in [0.4, 0.5) is 0 Å². The van der Waals surface area contributed by atoms with Gasteiger partial charge in [-0.15, -0.1) is 0 Å². The van der Waals surface area contributed by atoms with E-state index < -0.39 is 20.0 Å². The van der Waals surface area contributed by atoms with Gasteiger partial charge in [-0.3, -0.25) is 9.36 Å².